The summed E-state index contributed by atoms with van der Waals surface area (Å²) in [4.78, 5) is 31.4. The Bertz CT molecular complexity index is 616. The summed E-state index contributed by atoms with van der Waals surface area (Å²) in [6, 6.07) is 3.99. The predicted octanol–water partition coefficient (Wildman–Crippen LogP) is 2.30. The summed E-state index contributed by atoms with van der Waals surface area (Å²) in [6.45, 7) is 5.15. The van der Waals surface area contributed by atoms with Crippen molar-refractivity contribution in [2.75, 3.05) is 19.7 Å². The second kappa shape index (κ2) is 6.30. The van der Waals surface area contributed by atoms with Crippen LogP contribution in [0.1, 0.15) is 50.3 Å². The fourth-order valence-electron chi connectivity index (χ4n) is 3.69. The first-order chi connectivity index (χ1) is 11.0. The summed E-state index contributed by atoms with van der Waals surface area (Å²) in [6.07, 6.45) is 5.28. The first-order valence-electron chi connectivity index (χ1n) is 8.45. The molecule has 1 aliphatic carbocycles. The number of likely N-dealkylation sites (tertiary alicyclic amines) is 1. The number of aryl methyl sites for hydroxylation is 1. The molecule has 2 aliphatic rings. The van der Waals surface area contributed by atoms with E-state index in [-0.39, 0.29) is 17.8 Å². The number of amides is 1. The lowest BCUT2D eigenvalue weighted by molar-refractivity contribution is -0.153. The van der Waals surface area contributed by atoms with Gasteiger partial charge in [0.2, 0.25) is 5.91 Å². The molecule has 0 radical (unpaired) electrons. The number of nitrogens with zero attached hydrogens (tertiary/aromatic N) is 2. The Kier molecular flexibility index (Phi) is 4.37. The minimum Gasteiger partial charge on any atom is -0.466 e. The largest absolute Gasteiger partial charge is 0.466 e. The van der Waals surface area contributed by atoms with Crippen molar-refractivity contribution in [2.45, 2.75) is 45.4 Å². The van der Waals surface area contributed by atoms with E-state index in [0.29, 0.717) is 26.1 Å². The van der Waals surface area contributed by atoms with E-state index < -0.39 is 5.41 Å². The molecule has 0 N–H and O–H groups in total. The van der Waals surface area contributed by atoms with Crippen LogP contribution in [-0.4, -0.2) is 41.5 Å². The van der Waals surface area contributed by atoms with E-state index in [0.717, 1.165) is 25.0 Å². The summed E-state index contributed by atoms with van der Waals surface area (Å²) >= 11 is 0. The van der Waals surface area contributed by atoms with Crippen LogP contribution in [0, 0.1) is 5.41 Å². The zero-order chi connectivity index (χ0) is 16.4. The number of esters is 1. The summed E-state index contributed by atoms with van der Waals surface area (Å²) in [5.74, 6) is -0.250. The highest BCUT2D eigenvalue weighted by Gasteiger charge is 2.45. The van der Waals surface area contributed by atoms with Gasteiger partial charge in [-0.1, -0.05) is 6.07 Å². The number of carbonyl (C=O) groups excluding carboxylic acids is 2. The van der Waals surface area contributed by atoms with Gasteiger partial charge in [-0.05, 0) is 51.2 Å². The van der Waals surface area contributed by atoms with Gasteiger partial charge >= 0.3 is 5.97 Å². The van der Waals surface area contributed by atoms with Crippen molar-refractivity contribution in [3.63, 3.8) is 0 Å². The average Bonchev–Trinajstić information content (AvgIpc) is 2.98. The highest BCUT2D eigenvalue weighted by Crippen LogP contribution is 2.36. The molecule has 1 aliphatic heterocycles. The van der Waals surface area contributed by atoms with Crippen LogP contribution < -0.4 is 0 Å². The topological polar surface area (TPSA) is 59.5 Å². The zero-order valence-electron chi connectivity index (χ0n) is 13.9. The van der Waals surface area contributed by atoms with Gasteiger partial charge in [0.1, 0.15) is 0 Å². The smallest absolute Gasteiger partial charge is 0.313 e. The number of hydrogen-bond acceptors (Lipinski definition) is 4. The van der Waals surface area contributed by atoms with Gasteiger partial charge in [0, 0.05) is 19.3 Å². The molecular weight excluding hydrogens is 292 g/mol. The van der Waals surface area contributed by atoms with Crippen molar-refractivity contribution < 1.29 is 14.3 Å². The molecule has 2 atom stereocenters. The fraction of sp³-hybridized carbons (Fsp3) is 0.611. The summed E-state index contributed by atoms with van der Waals surface area (Å²) in [5, 5.41) is 0. The molecule has 0 aromatic carbocycles. The molecule has 124 valence electrons. The Balaban J connectivity index is 1.74. The van der Waals surface area contributed by atoms with Crippen molar-refractivity contribution in [3.05, 3.63) is 29.6 Å². The molecule has 1 amide bonds. The lowest BCUT2D eigenvalue weighted by atomic mass is 9.85. The quantitative estimate of drug-likeness (QED) is 0.803. The van der Waals surface area contributed by atoms with Crippen molar-refractivity contribution >= 4 is 11.9 Å². The summed E-state index contributed by atoms with van der Waals surface area (Å²) < 4.78 is 5.17. The van der Waals surface area contributed by atoms with Crippen LogP contribution in [0.15, 0.2) is 18.3 Å². The first-order valence-corrected chi connectivity index (χ1v) is 8.45. The molecule has 1 saturated heterocycles. The van der Waals surface area contributed by atoms with Gasteiger partial charge in [-0.15, -0.1) is 0 Å². The maximum absolute atomic E-state index is 13.0. The van der Waals surface area contributed by atoms with Crippen LogP contribution in [0.4, 0.5) is 0 Å². The molecule has 0 unspecified atom stereocenters. The Morgan fingerprint density at radius 2 is 2.30 bits per heavy atom. The minimum atomic E-state index is -0.576. The number of fused-ring (bicyclic) bond motifs is 1. The van der Waals surface area contributed by atoms with Crippen LogP contribution in [0.25, 0.3) is 0 Å². The summed E-state index contributed by atoms with van der Waals surface area (Å²) in [7, 11) is 0. The van der Waals surface area contributed by atoms with Crippen LogP contribution in [0.2, 0.25) is 0 Å². The van der Waals surface area contributed by atoms with E-state index in [4.69, 9.17) is 4.74 Å². The van der Waals surface area contributed by atoms with Gasteiger partial charge in [0.25, 0.3) is 0 Å². The van der Waals surface area contributed by atoms with E-state index in [2.05, 4.69) is 11.1 Å². The molecule has 3 rings (SSSR count). The number of hydrogen-bond donors (Lipinski definition) is 0. The van der Waals surface area contributed by atoms with Gasteiger partial charge < -0.3 is 9.64 Å². The minimum absolute atomic E-state index is 0.109. The molecule has 1 fully saturated rings. The lowest BCUT2D eigenvalue weighted by Gasteiger charge is -2.28. The Morgan fingerprint density at radius 1 is 1.48 bits per heavy atom. The van der Waals surface area contributed by atoms with Gasteiger partial charge in [-0.3, -0.25) is 14.6 Å². The molecule has 5 nitrogen and oxygen atoms in total. The van der Waals surface area contributed by atoms with Crippen LogP contribution >= 0.6 is 0 Å². The van der Waals surface area contributed by atoms with Crippen molar-refractivity contribution in [1.29, 1.82) is 0 Å². The lowest BCUT2D eigenvalue weighted by Crippen LogP contribution is -2.39. The zero-order valence-corrected chi connectivity index (χ0v) is 13.9. The molecule has 0 spiro atoms. The van der Waals surface area contributed by atoms with Crippen LogP contribution in [0.3, 0.4) is 0 Å². The van der Waals surface area contributed by atoms with Gasteiger partial charge in [-0.25, -0.2) is 0 Å². The maximum Gasteiger partial charge on any atom is 0.313 e. The van der Waals surface area contributed by atoms with E-state index >= 15 is 0 Å². The molecule has 1 aromatic heterocycles. The molecule has 2 heterocycles. The third-order valence-electron chi connectivity index (χ3n) is 5.05. The van der Waals surface area contributed by atoms with Crippen molar-refractivity contribution in [1.82, 2.24) is 9.88 Å². The van der Waals surface area contributed by atoms with E-state index in [1.807, 2.05) is 24.8 Å². The Hall–Kier alpha value is -1.91. The Morgan fingerprint density at radius 3 is 3.09 bits per heavy atom. The highest BCUT2D eigenvalue weighted by atomic mass is 16.5. The highest BCUT2D eigenvalue weighted by molar-refractivity contribution is 5.86. The molecule has 1 aromatic rings. The van der Waals surface area contributed by atoms with Crippen molar-refractivity contribution in [2.24, 2.45) is 5.41 Å². The number of ether oxygens (including phenoxy) is 1. The van der Waals surface area contributed by atoms with Crippen molar-refractivity contribution in [3.8, 4) is 0 Å². The second-order valence-corrected chi connectivity index (χ2v) is 6.78. The normalized spacial score (nSPS) is 26.7. The number of carbonyl (C=O) groups is 2. The molecule has 23 heavy (non-hydrogen) atoms. The third-order valence-corrected chi connectivity index (χ3v) is 5.05. The monoisotopic (exact) mass is 316 g/mol. The number of rotatable bonds is 3. The van der Waals surface area contributed by atoms with Crippen LogP contribution in [0.5, 0.6) is 0 Å². The van der Waals surface area contributed by atoms with Gasteiger partial charge in [-0.2, -0.15) is 0 Å². The van der Waals surface area contributed by atoms with E-state index in [1.165, 1.54) is 5.56 Å². The SMILES string of the molecule is CCOC(=O)[C@]1(C)CCN(C(=O)[C@@H]2CCCc3cccnc32)C1. The first kappa shape index (κ1) is 16.0. The van der Waals surface area contributed by atoms with Crippen LogP contribution in [-0.2, 0) is 20.7 Å². The van der Waals surface area contributed by atoms with Gasteiger partial charge in [0.05, 0.1) is 23.6 Å². The Labute approximate surface area is 137 Å². The average molecular weight is 316 g/mol. The standard InChI is InChI=1S/C18H24N2O3/c1-3-23-17(22)18(2)9-11-20(12-18)16(21)14-8-4-6-13-7-5-10-19-15(13)14/h5,7,10,14H,3-4,6,8-9,11-12H2,1-2H3/t14-,18-/m1/s1. The molecule has 0 saturated carbocycles. The fourth-order valence-corrected chi connectivity index (χ4v) is 3.69. The number of aromatic nitrogens is 1. The maximum atomic E-state index is 13.0. The second-order valence-electron chi connectivity index (χ2n) is 6.78. The number of pyridine rings is 1. The molecular formula is C18H24N2O3. The predicted molar refractivity (Wildman–Crippen MR) is 85.9 cm³/mol. The van der Waals surface area contributed by atoms with E-state index in [1.54, 1.807) is 6.20 Å². The molecule has 0 bridgehead atoms. The summed E-state index contributed by atoms with van der Waals surface area (Å²) in [5.41, 5.74) is 1.53. The van der Waals surface area contributed by atoms with Gasteiger partial charge in [0.15, 0.2) is 0 Å². The third kappa shape index (κ3) is 2.96. The van der Waals surface area contributed by atoms with E-state index in [9.17, 15) is 9.59 Å². The molecule has 5 heteroatoms.